The highest BCUT2D eigenvalue weighted by Gasteiger charge is 2.29. The minimum absolute atomic E-state index is 0.0707. The molecule has 88 valence electrons. The Hall–Kier alpha value is -1.29. The summed E-state index contributed by atoms with van der Waals surface area (Å²) >= 11 is 0. The highest BCUT2D eigenvalue weighted by Crippen LogP contribution is 2.33. The molecule has 0 saturated heterocycles. The molecule has 0 saturated carbocycles. The van der Waals surface area contributed by atoms with Gasteiger partial charge in [-0.15, -0.1) is 0 Å². The molecule has 0 aliphatic rings. The second-order valence-corrected chi connectivity index (χ2v) is 4.69. The highest BCUT2D eigenvalue weighted by atomic mass is 16.5. The van der Waals surface area contributed by atoms with Gasteiger partial charge in [0.25, 0.3) is 0 Å². The lowest BCUT2D eigenvalue weighted by molar-refractivity contribution is -0.0191. The number of rotatable bonds is 4. The molecule has 1 aromatic heterocycles. The van der Waals surface area contributed by atoms with Crippen molar-refractivity contribution in [3.05, 3.63) is 23.8 Å². The lowest BCUT2D eigenvalue weighted by Gasteiger charge is -2.28. The van der Waals surface area contributed by atoms with Gasteiger partial charge in [0.2, 0.25) is 0 Å². The number of hydrogen-bond donors (Lipinski definition) is 0. The average molecular weight is 222 g/mol. The number of nitrogens with zero attached hydrogens (tertiary/aromatic N) is 2. The third kappa shape index (κ3) is 3.10. The standard InChI is InChI=1S/C12H18N2O2/c1-5-16-10(12(2,3)4)11-13-6-9(8-15)7-14-11/h6-8,10H,5H2,1-4H3. The van der Waals surface area contributed by atoms with Crippen LogP contribution in [-0.2, 0) is 4.74 Å². The predicted molar refractivity (Wildman–Crippen MR) is 61.2 cm³/mol. The summed E-state index contributed by atoms with van der Waals surface area (Å²) in [4.78, 5) is 18.8. The minimum Gasteiger partial charge on any atom is -0.370 e. The number of carbonyl (C=O) groups is 1. The molecular formula is C12H18N2O2. The molecule has 4 heteroatoms. The monoisotopic (exact) mass is 222 g/mol. The molecule has 1 rings (SSSR count). The smallest absolute Gasteiger partial charge is 0.157 e. The van der Waals surface area contributed by atoms with E-state index in [1.807, 2.05) is 6.92 Å². The fourth-order valence-electron chi connectivity index (χ4n) is 1.42. The van der Waals surface area contributed by atoms with Crippen molar-refractivity contribution in [3.8, 4) is 0 Å². The summed E-state index contributed by atoms with van der Waals surface area (Å²) in [5.41, 5.74) is 0.409. The van der Waals surface area contributed by atoms with Crippen LogP contribution in [0.3, 0.4) is 0 Å². The van der Waals surface area contributed by atoms with Crippen LogP contribution in [0.4, 0.5) is 0 Å². The van der Waals surface area contributed by atoms with E-state index >= 15 is 0 Å². The Labute approximate surface area is 96.1 Å². The summed E-state index contributed by atoms with van der Waals surface area (Å²) in [6.45, 7) is 8.78. The van der Waals surface area contributed by atoms with Gasteiger partial charge in [-0.3, -0.25) is 4.79 Å². The van der Waals surface area contributed by atoms with Crippen molar-refractivity contribution in [2.45, 2.75) is 33.8 Å². The average Bonchev–Trinajstić information content (AvgIpc) is 2.25. The molecule has 0 bridgehead atoms. The van der Waals surface area contributed by atoms with Gasteiger partial charge in [0.1, 0.15) is 6.10 Å². The van der Waals surface area contributed by atoms with E-state index < -0.39 is 0 Å². The van der Waals surface area contributed by atoms with Gasteiger partial charge in [0.05, 0.1) is 5.56 Å². The maximum absolute atomic E-state index is 10.5. The van der Waals surface area contributed by atoms with Crippen molar-refractivity contribution in [2.24, 2.45) is 5.41 Å². The van der Waals surface area contributed by atoms with Crippen LogP contribution in [-0.4, -0.2) is 22.9 Å². The summed E-state index contributed by atoms with van der Waals surface area (Å²) in [5.74, 6) is 0.625. The van der Waals surface area contributed by atoms with E-state index in [0.29, 0.717) is 18.0 Å². The van der Waals surface area contributed by atoms with Gasteiger partial charge >= 0.3 is 0 Å². The van der Waals surface area contributed by atoms with Gasteiger partial charge < -0.3 is 4.74 Å². The molecule has 1 heterocycles. The van der Waals surface area contributed by atoms with Crippen LogP contribution in [0.15, 0.2) is 12.4 Å². The fourth-order valence-corrected chi connectivity index (χ4v) is 1.42. The predicted octanol–water partition coefficient (Wildman–Crippen LogP) is 2.41. The molecule has 1 unspecified atom stereocenters. The summed E-state index contributed by atoms with van der Waals surface area (Å²) in [5, 5.41) is 0. The van der Waals surface area contributed by atoms with Crippen LogP contribution in [0, 0.1) is 5.41 Å². The summed E-state index contributed by atoms with van der Waals surface area (Å²) in [7, 11) is 0. The maximum Gasteiger partial charge on any atom is 0.157 e. The van der Waals surface area contributed by atoms with Crippen molar-refractivity contribution in [2.75, 3.05) is 6.61 Å². The molecule has 0 N–H and O–H groups in total. The first-order chi connectivity index (χ1) is 7.49. The zero-order valence-corrected chi connectivity index (χ0v) is 10.2. The molecule has 0 spiro atoms. The molecule has 4 nitrogen and oxygen atoms in total. The molecular weight excluding hydrogens is 204 g/mol. The van der Waals surface area contributed by atoms with Crippen LogP contribution in [0.25, 0.3) is 0 Å². The Morgan fingerprint density at radius 1 is 1.38 bits per heavy atom. The second-order valence-electron chi connectivity index (χ2n) is 4.69. The maximum atomic E-state index is 10.5. The van der Waals surface area contributed by atoms with Gasteiger partial charge in [0, 0.05) is 19.0 Å². The van der Waals surface area contributed by atoms with Crippen molar-refractivity contribution in [1.82, 2.24) is 9.97 Å². The van der Waals surface area contributed by atoms with Gasteiger partial charge in [-0.1, -0.05) is 20.8 Å². The number of carbonyl (C=O) groups excluding carboxylic acids is 1. The van der Waals surface area contributed by atoms with Gasteiger partial charge in [-0.05, 0) is 12.3 Å². The zero-order valence-electron chi connectivity index (χ0n) is 10.2. The molecule has 0 radical (unpaired) electrons. The number of aldehydes is 1. The molecule has 0 amide bonds. The van der Waals surface area contributed by atoms with Gasteiger partial charge in [-0.2, -0.15) is 0 Å². The summed E-state index contributed by atoms with van der Waals surface area (Å²) in [6, 6.07) is 0. The highest BCUT2D eigenvalue weighted by molar-refractivity contribution is 5.73. The summed E-state index contributed by atoms with van der Waals surface area (Å²) in [6.07, 6.45) is 3.62. The molecule has 1 atom stereocenters. The number of hydrogen-bond acceptors (Lipinski definition) is 4. The van der Waals surface area contributed by atoms with Gasteiger partial charge in [0.15, 0.2) is 12.1 Å². The van der Waals surface area contributed by atoms with E-state index in [1.54, 1.807) is 0 Å². The van der Waals surface area contributed by atoms with E-state index in [-0.39, 0.29) is 11.5 Å². The van der Waals surface area contributed by atoms with Crippen LogP contribution in [0.2, 0.25) is 0 Å². The molecule has 16 heavy (non-hydrogen) atoms. The van der Waals surface area contributed by atoms with Crippen molar-refractivity contribution in [3.63, 3.8) is 0 Å². The topological polar surface area (TPSA) is 52.1 Å². The Morgan fingerprint density at radius 2 is 1.94 bits per heavy atom. The zero-order chi connectivity index (χ0) is 12.2. The van der Waals surface area contributed by atoms with E-state index in [4.69, 9.17) is 4.74 Å². The minimum atomic E-state index is -0.154. The number of ether oxygens (including phenoxy) is 1. The van der Waals surface area contributed by atoms with E-state index in [0.717, 1.165) is 6.29 Å². The fraction of sp³-hybridized carbons (Fsp3) is 0.583. The summed E-state index contributed by atoms with van der Waals surface area (Å²) < 4.78 is 5.65. The third-order valence-corrected chi connectivity index (χ3v) is 2.18. The lowest BCUT2D eigenvalue weighted by atomic mass is 9.88. The number of aromatic nitrogens is 2. The van der Waals surface area contributed by atoms with E-state index in [9.17, 15) is 4.79 Å². The Bertz CT molecular complexity index is 341. The molecule has 0 fully saturated rings. The SMILES string of the molecule is CCOC(c1ncc(C=O)cn1)C(C)(C)C. The largest absolute Gasteiger partial charge is 0.370 e. The lowest BCUT2D eigenvalue weighted by Crippen LogP contribution is -2.23. The normalized spacial score (nSPS) is 13.5. The quantitative estimate of drug-likeness (QED) is 0.734. The first-order valence-corrected chi connectivity index (χ1v) is 5.37. The Morgan fingerprint density at radius 3 is 2.31 bits per heavy atom. The first-order valence-electron chi connectivity index (χ1n) is 5.37. The molecule has 0 aliphatic carbocycles. The van der Waals surface area contributed by atoms with E-state index in [1.165, 1.54) is 12.4 Å². The van der Waals surface area contributed by atoms with Crippen LogP contribution in [0.5, 0.6) is 0 Å². The van der Waals surface area contributed by atoms with Crippen molar-refractivity contribution >= 4 is 6.29 Å². The third-order valence-electron chi connectivity index (χ3n) is 2.18. The van der Waals surface area contributed by atoms with E-state index in [2.05, 4.69) is 30.7 Å². The van der Waals surface area contributed by atoms with Crippen molar-refractivity contribution in [1.29, 1.82) is 0 Å². The second kappa shape index (κ2) is 5.16. The Balaban J connectivity index is 2.97. The van der Waals surface area contributed by atoms with Crippen LogP contribution in [0.1, 0.15) is 50.0 Å². The Kier molecular flexibility index (Phi) is 4.12. The molecule has 0 aromatic carbocycles. The van der Waals surface area contributed by atoms with Gasteiger partial charge in [-0.25, -0.2) is 9.97 Å². The molecule has 1 aromatic rings. The van der Waals surface area contributed by atoms with Crippen LogP contribution < -0.4 is 0 Å². The van der Waals surface area contributed by atoms with Crippen molar-refractivity contribution < 1.29 is 9.53 Å². The van der Waals surface area contributed by atoms with Crippen LogP contribution >= 0.6 is 0 Å². The first kappa shape index (κ1) is 12.8. The molecule has 0 aliphatic heterocycles.